The van der Waals surface area contributed by atoms with Crippen molar-refractivity contribution >= 4 is 40.1 Å². The number of rotatable bonds is 5. The Morgan fingerprint density at radius 3 is 2.67 bits per heavy atom. The molecule has 5 rings (SSSR count). The number of benzene rings is 3. The third-order valence-corrected chi connectivity index (χ3v) is 5.74. The van der Waals surface area contributed by atoms with Gasteiger partial charge in [-0.3, -0.25) is 5.10 Å². The molecule has 148 valence electrons. The van der Waals surface area contributed by atoms with Gasteiger partial charge in [0, 0.05) is 29.1 Å². The van der Waals surface area contributed by atoms with E-state index in [9.17, 15) is 0 Å². The third kappa shape index (κ3) is 3.25. The van der Waals surface area contributed by atoms with Gasteiger partial charge in [-0.25, -0.2) is 0 Å². The smallest absolute Gasteiger partial charge is 0.216 e. The molecular formula is C24H21N5S. The maximum Gasteiger partial charge on any atom is 0.216 e. The van der Waals surface area contributed by atoms with Crippen LogP contribution in [0.4, 0.5) is 0 Å². The predicted octanol–water partition coefficient (Wildman–Crippen LogP) is 5.61. The molecule has 0 unspecified atom stereocenters. The summed E-state index contributed by atoms with van der Waals surface area (Å²) in [7, 11) is 0. The highest BCUT2D eigenvalue weighted by Crippen LogP contribution is 2.22. The predicted molar refractivity (Wildman–Crippen MR) is 125 cm³/mol. The van der Waals surface area contributed by atoms with Gasteiger partial charge in [-0.2, -0.15) is 14.9 Å². The number of nitrogens with zero attached hydrogens (tertiary/aromatic N) is 3. The standard InChI is InChI=1S/C24H21N5S/c1-2-16-8-6-12-21-19(14-25-23(16)21)15-26-29-22(27-28-24(29)30)13-18-10-5-9-17-7-3-4-11-20(17)18/h3-12,14-15,25H,2,13H2,1H3,(H,28,30)/b26-15+. The molecule has 0 bridgehead atoms. The van der Waals surface area contributed by atoms with Gasteiger partial charge in [0.05, 0.1) is 6.21 Å². The van der Waals surface area contributed by atoms with E-state index in [1.807, 2.05) is 12.4 Å². The lowest BCUT2D eigenvalue weighted by Gasteiger charge is -2.06. The minimum Gasteiger partial charge on any atom is -0.360 e. The Kier molecular flexibility index (Phi) is 4.77. The summed E-state index contributed by atoms with van der Waals surface area (Å²) >= 11 is 5.44. The first kappa shape index (κ1) is 18.5. The summed E-state index contributed by atoms with van der Waals surface area (Å²) < 4.78 is 2.19. The quantitative estimate of drug-likeness (QED) is 0.292. The third-order valence-electron chi connectivity index (χ3n) is 5.47. The Morgan fingerprint density at radius 1 is 1.00 bits per heavy atom. The number of para-hydroxylation sites is 1. The zero-order valence-electron chi connectivity index (χ0n) is 16.6. The number of aromatic nitrogens is 4. The van der Waals surface area contributed by atoms with Crippen LogP contribution >= 0.6 is 12.2 Å². The van der Waals surface area contributed by atoms with Crippen molar-refractivity contribution in [3.8, 4) is 0 Å². The van der Waals surface area contributed by atoms with E-state index < -0.39 is 0 Å². The molecule has 3 aromatic carbocycles. The van der Waals surface area contributed by atoms with E-state index in [2.05, 4.69) is 87.9 Å². The second kappa shape index (κ2) is 7.72. The average Bonchev–Trinajstić information content (AvgIpc) is 3.35. The number of H-pyrrole nitrogens is 2. The molecular weight excluding hydrogens is 390 g/mol. The minimum absolute atomic E-state index is 0.482. The van der Waals surface area contributed by atoms with Crippen molar-refractivity contribution in [3.63, 3.8) is 0 Å². The van der Waals surface area contributed by atoms with Crippen LogP contribution in [0, 0.1) is 4.77 Å². The normalized spacial score (nSPS) is 11.8. The van der Waals surface area contributed by atoms with Crippen molar-refractivity contribution in [2.75, 3.05) is 0 Å². The van der Waals surface area contributed by atoms with Crippen LogP contribution in [-0.4, -0.2) is 26.1 Å². The lowest BCUT2D eigenvalue weighted by molar-refractivity contribution is 0.793. The molecule has 0 spiro atoms. The molecule has 5 aromatic rings. The van der Waals surface area contributed by atoms with Gasteiger partial charge in [-0.1, -0.05) is 67.6 Å². The maximum atomic E-state index is 5.44. The fourth-order valence-electron chi connectivity index (χ4n) is 3.93. The fraction of sp³-hybridized carbons (Fsp3) is 0.125. The van der Waals surface area contributed by atoms with Crippen LogP contribution in [0.3, 0.4) is 0 Å². The second-order valence-corrected chi connectivity index (χ2v) is 7.64. The van der Waals surface area contributed by atoms with Gasteiger partial charge in [0.2, 0.25) is 4.77 Å². The number of aromatic amines is 2. The minimum atomic E-state index is 0.482. The Balaban J connectivity index is 1.51. The van der Waals surface area contributed by atoms with Crippen molar-refractivity contribution in [1.29, 1.82) is 0 Å². The highest BCUT2D eigenvalue weighted by atomic mass is 32.1. The Labute approximate surface area is 179 Å². The highest BCUT2D eigenvalue weighted by Gasteiger charge is 2.10. The van der Waals surface area contributed by atoms with Gasteiger partial charge in [0.25, 0.3) is 0 Å². The molecule has 0 fully saturated rings. The van der Waals surface area contributed by atoms with Crippen molar-refractivity contribution < 1.29 is 0 Å². The van der Waals surface area contributed by atoms with Crippen molar-refractivity contribution in [2.24, 2.45) is 5.10 Å². The van der Waals surface area contributed by atoms with E-state index in [0.717, 1.165) is 28.7 Å². The molecule has 0 radical (unpaired) electrons. The van der Waals surface area contributed by atoms with E-state index in [4.69, 9.17) is 12.2 Å². The van der Waals surface area contributed by atoms with Crippen molar-refractivity contribution in [2.45, 2.75) is 19.8 Å². The molecule has 0 aliphatic heterocycles. The molecule has 0 atom stereocenters. The molecule has 0 aliphatic carbocycles. The van der Waals surface area contributed by atoms with Gasteiger partial charge < -0.3 is 4.98 Å². The van der Waals surface area contributed by atoms with E-state index >= 15 is 0 Å². The maximum absolute atomic E-state index is 5.44. The van der Waals surface area contributed by atoms with Gasteiger partial charge in [0.15, 0.2) is 5.82 Å². The summed E-state index contributed by atoms with van der Waals surface area (Å²) in [6, 6.07) is 21.0. The van der Waals surface area contributed by atoms with Crippen LogP contribution in [0.5, 0.6) is 0 Å². The van der Waals surface area contributed by atoms with Gasteiger partial charge >= 0.3 is 0 Å². The molecule has 0 saturated carbocycles. The van der Waals surface area contributed by atoms with E-state index in [0.29, 0.717) is 11.2 Å². The number of hydrogen-bond donors (Lipinski definition) is 2. The summed E-state index contributed by atoms with van der Waals surface area (Å²) in [4.78, 5) is 3.38. The summed E-state index contributed by atoms with van der Waals surface area (Å²) in [6.45, 7) is 2.16. The van der Waals surface area contributed by atoms with Crippen molar-refractivity contribution in [1.82, 2.24) is 19.9 Å². The molecule has 0 amide bonds. The molecule has 5 nitrogen and oxygen atoms in total. The summed E-state index contributed by atoms with van der Waals surface area (Å²) in [5.41, 5.74) is 4.68. The Morgan fingerprint density at radius 2 is 1.77 bits per heavy atom. The Bertz CT molecular complexity index is 1430. The average molecular weight is 412 g/mol. The molecule has 0 saturated heterocycles. The van der Waals surface area contributed by atoms with Crippen molar-refractivity contribution in [3.05, 3.63) is 94.1 Å². The molecule has 2 aromatic heterocycles. The molecule has 0 aliphatic rings. The SMILES string of the molecule is CCc1cccc2c(/C=N/n3c(Cc4cccc5ccccc45)n[nH]c3=S)c[nH]c12. The van der Waals surface area contributed by atoms with E-state index in [-0.39, 0.29) is 0 Å². The molecule has 6 heteroatoms. The highest BCUT2D eigenvalue weighted by molar-refractivity contribution is 7.71. The molecule has 2 N–H and O–H groups in total. The first-order valence-electron chi connectivity index (χ1n) is 10.0. The first-order valence-corrected chi connectivity index (χ1v) is 10.4. The lowest BCUT2D eigenvalue weighted by atomic mass is 10.0. The van der Waals surface area contributed by atoms with Crippen LogP contribution in [0.15, 0.2) is 72.0 Å². The lowest BCUT2D eigenvalue weighted by Crippen LogP contribution is -2.01. The Hall–Kier alpha value is -3.51. The summed E-state index contributed by atoms with van der Waals surface area (Å²) in [5.74, 6) is 0.779. The van der Waals surface area contributed by atoms with Crippen LogP contribution in [-0.2, 0) is 12.8 Å². The summed E-state index contributed by atoms with van der Waals surface area (Å²) in [6.07, 6.45) is 5.45. The second-order valence-electron chi connectivity index (χ2n) is 7.25. The van der Waals surface area contributed by atoms with Crippen LogP contribution in [0.1, 0.15) is 29.4 Å². The van der Waals surface area contributed by atoms with Gasteiger partial charge in [-0.05, 0) is 40.5 Å². The number of nitrogens with one attached hydrogen (secondary N) is 2. The van der Waals surface area contributed by atoms with E-state index in [1.54, 1.807) is 4.68 Å². The molecule has 30 heavy (non-hydrogen) atoms. The van der Waals surface area contributed by atoms with Gasteiger partial charge in [0.1, 0.15) is 0 Å². The van der Waals surface area contributed by atoms with Crippen LogP contribution in [0.2, 0.25) is 0 Å². The number of hydrogen-bond acceptors (Lipinski definition) is 3. The zero-order chi connectivity index (χ0) is 20.5. The largest absolute Gasteiger partial charge is 0.360 e. The van der Waals surface area contributed by atoms with E-state index in [1.165, 1.54) is 21.9 Å². The number of aryl methyl sites for hydroxylation is 1. The number of fused-ring (bicyclic) bond motifs is 2. The summed E-state index contributed by atoms with van der Waals surface area (Å²) in [5, 5.41) is 15.6. The van der Waals surface area contributed by atoms with Crippen LogP contribution < -0.4 is 0 Å². The van der Waals surface area contributed by atoms with Gasteiger partial charge in [-0.15, -0.1) is 0 Å². The molecule has 2 heterocycles. The van der Waals surface area contributed by atoms with Crippen LogP contribution in [0.25, 0.3) is 21.7 Å². The zero-order valence-corrected chi connectivity index (χ0v) is 17.4. The fourth-order valence-corrected chi connectivity index (χ4v) is 4.13. The topological polar surface area (TPSA) is 61.8 Å². The monoisotopic (exact) mass is 411 g/mol. The first-order chi connectivity index (χ1) is 14.7.